The second kappa shape index (κ2) is 9.03. The zero-order chi connectivity index (χ0) is 19.9. The minimum absolute atomic E-state index is 0.0171. The largest absolute Gasteiger partial charge is 0.484 e. The van der Waals surface area contributed by atoms with Crippen LogP contribution in [-0.2, 0) is 9.59 Å². The van der Waals surface area contributed by atoms with Gasteiger partial charge in [0, 0.05) is 44.4 Å². The Morgan fingerprint density at radius 3 is 2.29 bits per heavy atom. The van der Waals surface area contributed by atoms with Gasteiger partial charge < -0.3 is 19.9 Å². The highest BCUT2D eigenvalue weighted by Gasteiger charge is 2.25. The number of nitrogens with one attached hydrogen (secondary N) is 1. The summed E-state index contributed by atoms with van der Waals surface area (Å²) < 4.78 is 5.50. The molecule has 0 atom stereocenters. The topological polar surface area (TPSA) is 79.0 Å². The molecule has 1 N–H and O–H groups in total. The molecule has 0 aromatic heterocycles. The third-order valence-electron chi connectivity index (χ3n) is 4.45. The highest BCUT2D eigenvalue weighted by molar-refractivity contribution is 5.97. The second-order valence-electron chi connectivity index (χ2n) is 6.54. The normalized spacial score (nSPS) is 13.8. The number of carbonyl (C=O) groups excluding carboxylic acids is 3. The Bertz CT molecular complexity index is 846. The van der Waals surface area contributed by atoms with Gasteiger partial charge in [-0.05, 0) is 30.3 Å². The van der Waals surface area contributed by atoms with E-state index in [-0.39, 0.29) is 24.3 Å². The molecule has 0 aliphatic carbocycles. The van der Waals surface area contributed by atoms with E-state index in [1.807, 2.05) is 18.2 Å². The quantitative estimate of drug-likeness (QED) is 0.859. The van der Waals surface area contributed by atoms with Crippen molar-refractivity contribution >= 4 is 23.4 Å². The van der Waals surface area contributed by atoms with Crippen molar-refractivity contribution in [1.29, 1.82) is 0 Å². The highest BCUT2D eigenvalue weighted by Crippen LogP contribution is 2.15. The van der Waals surface area contributed by atoms with E-state index in [2.05, 4.69) is 5.32 Å². The Morgan fingerprint density at radius 2 is 1.61 bits per heavy atom. The van der Waals surface area contributed by atoms with Gasteiger partial charge in [-0.3, -0.25) is 14.4 Å². The maximum Gasteiger partial charge on any atom is 0.260 e. The number of hydrogen-bond acceptors (Lipinski definition) is 4. The number of amides is 3. The van der Waals surface area contributed by atoms with E-state index in [0.29, 0.717) is 43.2 Å². The number of benzene rings is 2. The summed E-state index contributed by atoms with van der Waals surface area (Å²) in [7, 11) is 0. The molecule has 1 fully saturated rings. The van der Waals surface area contributed by atoms with E-state index in [9.17, 15) is 14.4 Å². The first-order chi connectivity index (χ1) is 13.5. The fraction of sp³-hybridized carbons (Fsp3) is 0.286. The van der Waals surface area contributed by atoms with E-state index >= 15 is 0 Å². The lowest BCUT2D eigenvalue weighted by Crippen LogP contribution is -2.51. The number of rotatable bonds is 5. The van der Waals surface area contributed by atoms with Gasteiger partial charge in [0.1, 0.15) is 5.75 Å². The number of piperazine rings is 1. The van der Waals surface area contributed by atoms with Gasteiger partial charge in [-0.15, -0.1) is 0 Å². The van der Waals surface area contributed by atoms with Gasteiger partial charge in [-0.2, -0.15) is 0 Å². The molecule has 28 heavy (non-hydrogen) atoms. The summed E-state index contributed by atoms with van der Waals surface area (Å²) in [5.74, 6) is 0.265. The zero-order valence-electron chi connectivity index (χ0n) is 15.8. The Morgan fingerprint density at radius 1 is 0.929 bits per heavy atom. The van der Waals surface area contributed by atoms with Crippen molar-refractivity contribution in [2.24, 2.45) is 0 Å². The van der Waals surface area contributed by atoms with Crippen LogP contribution < -0.4 is 10.1 Å². The summed E-state index contributed by atoms with van der Waals surface area (Å²) in [4.78, 5) is 39.6. The number of ether oxygens (including phenoxy) is 1. The molecule has 0 saturated carbocycles. The van der Waals surface area contributed by atoms with E-state index in [1.165, 1.54) is 6.92 Å². The van der Waals surface area contributed by atoms with Gasteiger partial charge in [0.2, 0.25) is 5.91 Å². The summed E-state index contributed by atoms with van der Waals surface area (Å²) in [6, 6.07) is 16.1. The molecule has 0 spiro atoms. The van der Waals surface area contributed by atoms with Gasteiger partial charge in [-0.25, -0.2) is 0 Å². The summed E-state index contributed by atoms with van der Waals surface area (Å²) in [5.41, 5.74) is 1.10. The molecule has 146 valence electrons. The van der Waals surface area contributed by atoms with E-state index in [0.717, 1.165) is 0 Å². The first-order valence-corrected chi connectivity index (χ1v) is 9.15. The number of para-hydroxylation sites is 1. The van der Waals surface area contributed by atoms with Crippen molar-refractivity contribution in [2.45, 2.75) is 6.92 Å². The third kappa shape index (κ3) is 5.09. The Labute approximate surface area is 163 Å². The number of anilines is 1. The van der Waals surface area contributed by atoms with Crippen molar-refractivity contribution in [3.8, 4) is 5.75 Å². The first-order valence-electron chi connectivity index (χ1n) is 9.15. The van der Waals surface area contributed by atoms with Crippen molar-refractivity contribution in [1.82, 2.24) is 9.80 Å². The lowest BCUT2D eigenvalue weighted by atomic mass is 10.1. The fourth-order valence-electron chi connectivity index (χ4n) is 3.03. The maximum atomic E-state index is 12.7. The Kier molecular flexibility index (Phi) is 6.26. The minimum Gasteiger partial charge on any atom is -0.484 e. The van der Waals surface area contributed by atoms with Crippen molar-refractivity contribution in [3.63, 3.8) is 0 Å². The standard InChI is InChI=1S/C21H23N3O4/c1-16(25)22-18-7-5-6-17(14-18)21(27)24-12-10-23(11-13-24)20(26)15-28-19-8-3-2-4-9-19/h2-9,14H,10-13,15H2,1H3,(H,22,25). The van der Waals surface area contributed by atoms with Gasteiger partial charge in [-0.1, -0.05) is 24.3 Å². The molecule has 1 heterocycles. The van der Waals surface area contributed by atoms with Crippen LogP contribution in [0.4, 0.5) is 5.69 Å². The summed E-state index contributed by atoms with van der Waals surface area (Å²) in [5, 5.41) is 2.68. The molecule has 1 aliphatic rings. The average molecular weight is 381 g/mol. The Balaban J connectivity index is 1.51. The van der Waals surface area contributed by atoms with Crippen molar-refractivity contribution in [3.05, 3.63) is 60.2 Å². The first kappa shape index (κ1) is 19.4. The van der Waals surface area contributed by atoms with Crippen LogP contribution in [-0.4, -0.2) is 60.3 Å². The summed E-state index contributed by atoms with van der Waals surface area (Å²) in [6.07, 6.45) is 0. The molecule has 3 amide bonds. The average Bonchev–Trinajstić information content (AvgIpc) is 2.72. The molecule has 1 saturated heterocycles. The molecule has 2 aromatic carbocycles. The third-order valence-corrected chi connectivity index (χ3v) is 4.45. The lowest BCUT2D eigenvalue weighted by molar-refractivity contribution is -0.134. The summed E-state index contributed by atoms with van der Waals surface area (Å²) >= 11 is 0. The number of nitrogens with zero attached hydrogens (tertiary/aromatic N) is 2. The van der Waals surface area contributed by atoms with Gasteiger partial charge >= 0.3 is 0 Å². The maximum absolute atomic E-state index is 12.7. The van der Waals surface area contributed by atoms with Crippen LogP contribution in [0.3, 0.4) is 0 Å². The van der Waals surface area contributed by atoms with Gasteiger partial charge in [0.15, 0.2) is 6.61 Å². The van der Waals surface area contributed by atoms with Crippen LogP contribution in [0.25, 0.3) is 0 Å². The molecule has 0 unspecified atom stereocenters. The fourth-order valence-corrected chi connectivity index (χ4v) is 3.03. The second-order valence-corrected chi connectivity index (χ2v) is 6.54. The molecule has 7 heteroatoms. The van der Waals surface area contributed by atoms with Crippen LogP contribution in [0.15, 0.2) is 54.6 Å². The molecule has 1 aliphatic heterocycles. The molecule has 3 rings (SSSR count). The molecular formula is C21H23N3O4. The zero-order valence-corrected chi connectivity index (χ0v) is 15.8. The van der Waals surface area contributed by atoms with E-state index in [4.69, 9.17) is 4.74 Å². The molecule has 2 aromatic rings. The lowest BCUT2D eigenvalue weighted by Gasteiger charge is -2.34. The smallest absolute Gasteiger partial charge is 0.260 e. The Hall–Kier alpha value is -3.35. The monoisotopic (exact) mass is 381 g/mol. The van der Waals surface area contributed by atoms with Crippen LogP contribution in [0.1, 0.15) is 17.3 Å². The van der Waals surface area contributed by atoms with Crippen LogP contribution >= 0.6 is 0 Å². The van der Waals surface area contributed by atoms with E-state index in [1.54, 1.807) is 46.2 Å². The molecule has 7 nitrogen and oxygen atoms in total. The van der Waals surface area contributed by atoms with Gasteiger partial charge in [0.25, 0.3) is 11.8 Å². The van der Waals surface area contributed by atoms with E-state index < -0.39 is 0 Å². The van der Waals surface area contributed by atoms with Gasteiger partial charge in [0.05, 0.1) is 0 Å². The molecular weight excluding hydrogens is 358 g/mol. The number of hydrogen-bond donors (Lipinski definition) is 1. The van der Waals surface area contributed by atoms with Crippen LogP contribution in [0, 0.1) is 0 Å². The van der Waals surface area contributed by atoms with Crippen molar-refractivity contribution in [2.75, 3.05) is 38.1 Å². The van der Waals surface area contributed by atoms with Crippen LogP contribution in [0.2, 0.25) is 0 Å². The van der Waals surface area contributed by atoms with Crippen molar-refractivity contribution < 1.29 is 19.1 Å². The van der Waals surface area contributed by atoms with Crippen LogP contribution in [0.5, 0.6) is 5.75 Å². The predicted molar refractivity (Wildman–Crippen MR) is 105 cm³/mol. The minimum atomic E-state index is -0.186. The number of carbonyl (C=O) groups is 3. The molecule has 0 radical (unpaired) electrons. The summed E-state index contributed by atoms with van der Waals surface area (Å²) in [6.45, 7) is 3.26. The highest BCUT2D eigenvalue weighted by atomic mass is 16.5. The predicted octanol–water partition coefficient (Wildman–Crippen LogP) is 2.01. The molecule has 0 bridgehead atoms. The SMILES string of the molecule is CC(=O)Nc1cccc(C(=O)N2CCN(C(=O)COc3ccccc3)CC2)c1.